The lowest BCUT2D eigenvalue weighted by molar-refractivity contribution is -0.143. The number of aliphatic hydroxyl groups is 2. The number of rotatable bonds is 65. The second-order valence-electron chi connectivity index (χ2n) is 23.9. The van der Waals surface area contributed by atoms with E-state index in [0.29, 0.717) is 19.4 Å². The molecule has 0 saturated heterocycles. The predicted octanol–water partition coefficient (Wildman–Crippen LogP) is 22.0. The van der Waals surface area contributed by atoms with Gasteiger partial charge in [-0.25, -0.2) is 0 Å². The molecule has 6 nitrogen and oxygen atoms in total. The summed E-state index contributed by atoms with van der Waals surface area (Å²) in [7, 11) is 0. The first-order chi connectivity index (χ1) is 37.0. The third-order valence-corrected chi connectivity index (χ3v) is 16.3. The minimum Gasteiger partial charge on any atom is -0.466 e. The van der Waals surface area contributed by atoms with E-state index in [1.165, 1.54) is 327 Å². The molecule has 0 aromatic carbocycles. The maximum atomic E-state index is 12.5. The molecule has 0 bridgehead atoms. The van der Waals surface area contributed by atoms with Crippen molar-refractivity contribution in [3.63, 3.8) is 0 Å². The second-order valence-corrected chi connectivity index (χ2v) is 23.9. The van der Waals surface area contributed by atoms with Crippen molar-refractivity contribution < 1.29 is 24.5 Å². The average Bonchev–Trinajstić information content (AvgIpc) is 3.41. The van der Waals surface area contributed by atoms with Gasteiger partial charge in [0.05, 0.1) is 25.4 Å². The number of amides is 1. The Bertz CT molecular complexity index is 1130. The van der Waals surface area contributed by atoms with Crippen LogP contribution >= 0.6 is 0 Å². The molecular formula is C69H135NO5. The molecule has 0 rings (SSSR count). The van der Waals surface area contributed by atoms with E-state index in [2.05, 4.69) is 19.2 Å². The van der Waals surface area contributed by atoms with Gasteiger partial charge in [-0.05, 0) is 32.1 Å². The fourth-order valence-corrected chi connectivity index (χ4v) is 11.1. The maximum Gasteiger partial charge on any atom is 0.305 e. The first-order valence-electron chi connectivity index (χ1n) is 34.5. The van der Waals surface area contributed by atoms with Gasteiger partial charge in [-0.15, -0.1) is 0 Å². The standard InChI is InChI=1S/C69H135NO5/c1-3-5-7-9-11-13-15-17-19-35-39-43-47-51-55-59-63-69(74)75-64-60-56-52-48-44-40-36-32-30-28-26-24-22-20-21-23-25-27-29-31-34-38-42-46-50-54-58-62-68(73)70-66(65-71)67(72)61-57-53-49-45-41-37-33-18-16-14-12-10-8-6-4-2/h57,61,66-67,71-72H,3-56,58-60,62-65H2,1-2H3,(H,70,73)/b61-57+. The quantitative estimate of drug-likeness (QED) is 0.0320. The van der Waals surface area contributed by atoms with Crippen LogP contribution in [-0.2, 0) is 14.3 Å². The molecule has 3 N–H and O–H groups in total. The van der Waals surface area contributed by atoms with Crippen molar-refractivity contribution in [2.45, 2.75) is 405 Å². The Hall–Kier alpha value is -1.40. The topological polar surface area (TPSA) is 95.9 Å². The van der Waals surface area contributed by atoms with E-state index in [0.717, 1.165) is 38.5 Å². The zero-order valence-corrected chi connectivity index (χ0v) is 51.1. The van der Waals surface area contributed by atoms with Gasteiger partial charge in [-0.2, -0.15) is 0 Å². The lowest BCUT2D eigenvalue weighted by atomic mass is 10.0. The molecule has 75 heavy (non-hydrogen) atoms. The first kappa shape index (κ1) is 73.6. The van der Waals surface area contributed by atoms with Crippen LogP contribution in [0.1, 0.15) is 393 Å². The van der Waals surface area contributed by atoms with E-state index < -0.39 is 12.1 Å². The van der Waals surface area contributed by atoms with Crippen LogP contribution in [0.15, 0.2) is 12.2 Å². The molecule has 0 aromatic heterocycles. The van der Waals surface area contributed by atoms with Gasteiger partial charge < -0.3 is 20.3 Å². The van der Waals surface area contributed by atoms with Crippen LogP contribution < -0.4 is 5.32 Å². The van der Waals surface area contributed by atoms with Crippen LogP contribution in [0.4, 0.5) is 0 Å². The van der Waals surface area contributed by atoms with Crippen molar-refractivity contribution in [2.24, 2.45) is 0 Å². The number of ether oxygens (including phenoxy) is 1. The summed E-state index contributed by atoms with van der Waals surface area (Å²) in [5, 5.41) is 23.2. The maximum absolute atomic E-state index is 12.5. The number of unbranched alkanes of at least 4 members (excludes halogenated alkanes) is 54. The minimum atomic E-state index is -0.841. The largest absolute Gasteiger partial charge is 0.466 e. The van der Waals surface area contributed by atoms with Crippen molar-refractivity contribution in [2.75, 3.05) is 13.2 Å². The Labute approximate surface area is 469 Å². The summed E-state index contributed by atoms with van der Waals surface area (Å²) in [5.41, 5.74) is 0. The van der Waals surface area contributed by atoms with Gasteiger partial charge in [0.1, 0.15) is 0 Å². The highest BCUT2D eigenvalue weighted by Gasteiger charge is 2.18. The fourth-order valence-electron chi connectivity index (χ4n) is 11.1. The summed E-state index contributed by atoms with van der Waals surface area (Å²) < 4.78 is 5.50. The van der Waals surface area contributed by atoms with E-state index in [9.17, 15) is 19.8 Å². The Morgan fingerprint density at radius 3 is 0.907 bits per heavy atom. The molecule has 0 radical (unpaired) electrons. The summed E-state index contributed by atoms with van der Waals surface area (Å²) in [4.78, 5) is 24.6. The third-order valence-electron chi connectivity index (χ3n) is 16.3. The van der Waals surface area contributed by atoms with E-state index in [1.807, 2.05) is 6.08 Å². The van der Waals surface area contributed by atoms with Crippen LogP contribution in [0.25, 0.3) is 0 Å². The molecule has 2 unspecified atom stereocenters. The van der Waals surface area contributed by atoms with Gasteiger partial charge in [-0.1, -0.05) is 360 Å². The Kier molecular flexibility index (Phi) is 63.9. The summed E-state index contributed by atoms with van der Waals surface area (Å²) in [6, 6.07) is -0.625. The molecule has 1 amide bonds. The third kappa shape index (κ3) is 61.7. The molecule has 0 aromatic rings. The summed E-state index contributed by atoms with van der Waals surface area (Å²) in [6.45, 7) is 4.94. The number of allylic oxidation sites excluding steroid dienone is 1. The van der Waals surface area contributed by atoms with Crippen molar-refractivity contribution in [3.05, 3.63) is 12.2 Å². The van der Waals surface area contributed by atoms with Crippen LogP contribution in [0.2, 0.25) is 0 Å². The van der Waals surface area contributed by atoms with E-state index in [-0.39, 0.29) is 18.5 Å². The zero-order chi connectivity index (χ0) is 54.3. The van der Waals surface area contributed by atoms with Gasteiger partial charge in [0.15, 0.2) is 0 Å². The number of nitrogens with one attached hydrogen (secondary N) is 1. The van der Waals surface area contributed by atoms with E-state index >= 15 is 0 Å². The highest BCUT2D eigenvalue weighted by molar-refractivity contribution is 5.76. The van der Waals surface area contributed by atoms with Gasteiger partial charge >= 0.3 is 5.97 Å². The molecule has 0 spiro atoms. The van der Waals surface area contributed by atoms with Crippen LogP contribution in [0.3, 0.4) is 0 Å². The minimum absolute atomic E-state index is 0.0220. The second kappa shape index (κ2) is 65.1. The number of carbonyl (C=O) groups excluding carboxylic acids is 2. The zero-order valence-electron chi connectivity index (χ0n) is 51.1. The molecule has 0 aliphatic rings. The molecule has 0 fully saturated rings. The molecule has 6 heteroatoms. The Morgan fingerprint density at radius 2 is 0.613 bits per heavy atom. The van der Waals surface area contributed by atoms with Gasteiger partial charge in [0.25, 0.3) is 0 Å². The SMILES string of the molecule is CCCCCCCCCCCCCCC/C=C/C(O)C(CO)NC(=O)CCCCCCCCCCCCCCCCCCCCCCCCCCCCCOC(=O)CCCCCCCCCCCCCCCCCC. The van der Waals surface area contributed by atoms with Gasteiger partial charge in [0, 0.05) is 12.8 Å². The molecule has 0 aliphatic carbocycles. The number of hydrogen-bond acceptors (Lipinski definition) is 5. The highest BCUT2D eigenvalue weighted by Crippen LogP contribution is 2.19. The average molecular weight is 1060 g/mol. The summed E-state index contributed by atoms with van der Waals surface area (Å²) in [6.07, 6.45) is 80.0. The van der Waals surface area contributed by atoms with Crippen molar-refractivity contribution in [1.29, 1.82) is 0 Å². The van der Waals surface area contributed by atoms with Gasteiger partial charge in [0.2, 0.25) is 5.91 Å². The van der Waals surface area contributed by atoms with E-state index in [4.69, 9.17) is 4.74 Å². The summed E-state index contributed by atoms with van der Waals surface area (Å²) in [5.74, 6) is -0.0404. The number of aliphatic hydroxyl groups excluding tert-OH is 2. The number of carbonyl (C=O) groups is 2. The molecule has 0 saturated carbocycles. The molecule has 446 valence electrons. The smallest absolute Gasteiger partial charge is 0.305 e. The van der Waals surface area contributed by atoms with Gasteiger partial charge in [-0.3, -0.25) is 9.59 Å². The lowest BCUT2D eigenvalue weighted by Gasteiger charge is -2.20. The van der Waals surface area contributed by atoms with E-state index in [1.54, 1.807) is 6.08 Å². The van der Waals surface area contributed by atoms with Crippen LogP contribution in [-0.4, -0.2) is 47.4 Å². The van der Waals surface area contributed by atoms with Crippen molar-refractivity contribution >= 4 is 11.9 Å². The Balaban J connectivity index is 3.34. The first-order valence-corrected chi connectivity index (χ1v) is 34.5. The molecular weight excluding hydrogens is 923 g/mol. The lowest BCUT2D eigenvalue weighted by Crippen LogP contribution is -2.45. The number of hydrogen-bond donors (Lipinski definition) is 3. The Morgan fingerprint density at radius 1 is 0.360 bits per heavy atom. The highest BCUT2D eigenvalue weighted by atomic mass is 16.5. The fraction of sp³-hybridized carbons (Fsp3) is 0.942. The monoisotopic (exact) mass is 1060 g/mol. The number of esters is 1. The van der Waals surface area contributed by atoms with Crippen molar-refractivity contribution in [1.82, 2.24) is 5.32 Å². The molecule has 2 atom stereocenters. The van der Waals surface area contributed by atoms with Crippen LogP contribution in [0.5, 0.6) is 0 Å². The predicted molar refractivity (Wildman–Crippen MR) is 329 cm³/mol. The summed E-state index contributed by atoms with van der Waals surface area (Å²) >= 11 is 0. The van der Waals surface area contributed by atoms with Crippen molar-refractivity contribution in [3.8, 4) is 0 Å². The van der Waals surface area contributed by atoms with Crippen LogP contribution in [0, 0.1) is 0 Å². The normalized spacial score (nSPS) is 12.5. The molecule has 0 heterocycles. The molecule has 0 aliphatic heterocycles.